The van der Waals surface area contributed by atoms with Gasteiger partial charge in [-0.1, -0.05) is 26.0 Å². The zero-order chi connectivity index (χ0) is 17.3. The van der Waals surface area contributed by atoms with Crippen LogP contribution in [0.25, 0.3) is 0 Å². The molecule has 1 aromatic carbocycles. The van der Waals surface area contributed by atoms with Crippen LogP contribution in [0.4, 0.5) is 0 Å². The van der Waals surface area contributed by atoms with E-state index in [1.54, 1.807) is 7.11 Å². The van der Waals surface area contributed by atoms with Gasteiger partial charge in [-0.25, -0.2) is 0 Å². The van der Waals surface area contributed by atoms with Crippen LogP contribution in [0.15, 0.2) is 24.3 Å². The molecule has 0 unspecified atom stereocenters. The van der Waals surface area contributed by atoms with E-state index in [1.807, 2.05) is 23.9 Å². The maximum absolute atomic E-state index is 11.6. The van der Waals surface area contributed by atoms with Crippen molar-refractivity contribution in [3.05, 3.63) is 29.8 Å². The van der Waals surface area contributed by atoms with Crippen molar-refractivity contribution in [2.75, 3.05) is 32.3 Å². The SMILES string of the molecule is COC(=O)[C@H](CS)NCC(C)(C)CSCc1ccc(OC)cc1. The maximum Gasteiger partial charge on any atom is 0.323 e. The summed E-state index contributed by atoms with van der Waals surface area (Å²) in [6.07, 6.45) is 0. The van der Waals surface area contributed by atoms with Crippen LogP contribution in [-0.2, 0) is 15.3 Å². The van der Waals surface area contributed by atoms with E-state index < -0.39 is 0 Å². The fourth-order valence-corrected chi connectivity index (χ4v) is 3.45. The largest absolute Gasteiger partial charge is 0.497 e. The lowest BCUT2D eigenvalue weighted by atomic mass is 9.96. The number of hydrogen-bond donors (Lipinski definition) is 2. The number of nitrogens with one attached hydrogen (secondary N) is 1. The van der Waals surface area contributed by atoms with Gasteiger partial charge in [-0.05, 0) is 28.9 Å². The highest BCUT2D eigenvalue weighted by Crippen LogP contribution is 2.24. The van der Waals surface area contributed by atoms with Crippen molar-refractivity contribution >= 4 is 30.4 Å². The first-order valence-electron chi connectivity index (χ1n) is 7.54. The predicted octanol–water partition coefficient (Wildman–Crippen LogP) is 3.02. The number of hydrogen-bond acceptors (Lipinski definition) is 6. The molecule has 1 aromatic rings. The minimum absolute atomic E-state index is 0.0758. The topological polar surface area (TPSA) is 47.6 Å². The first-order valence-corrected chi connectivity index (χ1v) is 9.33. The Labute approximate surface area is 149 Å². The van der Waals surface area contributed by atoms with Crippen molar-refractivity contribution in [3.8, 4) is 5.75 Å². The van der Waals surface area contributed by atoms with Gasteiger partial charge in [0.2, 0.25) is 0 Å². The van der Waals surface area contributed by atoms with E-state index in [-0.39, 0.29) is 17.4 Å². The lowest BCUT2D eigenvalue weighted by molar-refractivity contribution is -0.142. The molecule has 130 valence electrons. The number of thioether (sulfide) groups is 1. The fourth-order valence-electron chi connectivity index (χ4n) is 1.98. The molecule has 1 N–H and O–H groups in total. The summed E-state index contributed by atoms with van der Waals surface area (Å²) >= 11 is 6.08. The Morgan fingerprint density at radius 3 is 2.48 bits per heavy atom. The molecule has 4 nitrogen and oxygen atoms in total. The Balaban J connectivity index is 2.37. The third-order valence-electron chi connectivity index (χ3n) is 3.42. The smallest absolute Gasteiger partial charge is 0.323 e. The Morgan fingerprint density at radius 2 is 1.96 bits per heavy atom. The Bertz CT molecular complexity index is 477. The molecule has 0 fully saturated rings. The van der Waals surface area contributed by atoms with Gasteiger partial charge >= 0.3 is 5.97 Å². The van der Waals surface area contributed by atoms with Gasteiger partial charge in [-0.15, -0.1) is 0 Å². The molecule has 0 aliphatic heterocycles. The molecule has 1 rings (SSSR count). The molecule has 0 saturated heterocycles. The monoisotopic (exact) mass is 357 g/mol. The highest BCUT2D eigenvalue weighted by molar-refractivity contribution is 7.98. The standard InChI is InChI=1S/C17H27NO3S2/c1-17(2,11-18-15(9-22)16(19)21-4)12-23-10-13-5-7-14(20-3)8-6-13/h5-8,15,18,22H,9-12H2,1-4H3/t15-/m0/s1. The summed E-state index contributed by atoms with van der Waals surface area (Å²) < 4.78 is 9.92. The van der Waals surface area contributed by atoms with Gasteiger partial charge < -0.3 is 14.8 Å². The summed E-state index contributed by atoms with van der Waals surface area (Å²) in [7, 11) is 3.07. The molecule has 0 aromatic heterocycles. The third-order valence-corrected chi connectivity index (χ3v) is 5.30. The molecule has 0 aliphatic carbocycles. The molecule has 1 atom stereocenters. The van der Waals surface area contributed by atoms with Crippen molar-refractivity contribution < 1.29 is 14.3 Å². The van der Waals surface area contributed by atoms with Crippen molar-refractivity contribution in [2.24, 2.45) is 5.41 Å². The van der Waals surface area contributed by atoms with Gasteiger partial charge in [0.25, 0.3) is 0 Å². The van der Waals surface area contributed by atoms with Crippen LogP contribution in [0.3, 0.4) is 0 Å². The van der Waals surface area contributed by atoms with E-state index in [2.05, 4.69) is 43.9 Å². The second kappa shape index (κ2) is 10.1. The quantitative estimate of drug-likeness (QED) is 0.498. The highest BCUT2D eigenvalue weighted by atomic mass is 32.2. The average molecular weight is 358 g/mol. The summed E-state index contributed by atoms with van der Waals surface area (Å²) in [6.45, 7) is 5.12. The number of methoxy groups -OCH3 is 2. The van der Waals surface area contributed by atoms with Gasteiger partial charge in [-0.3, -0.25) is 4.79 Å². The summed E-state index contributed by atoms with van der Waals surface area (Å²) in [5.74, 6) is 3.00. The highest BCUT2D eigenvalue weighted by Gasteiger charge is 2.23. The van der Waals surface area contributed by atoms with E-state index in [4.69, 9.17) is 9.47 Å². The molecule has 0 heterocycles. The van der Waals surface area contributed by atoms with E-state index in [0.717, 1.165) is 23.8 Å². The first kappa shape index (κ1) is 20.2. The number of ether oxygens (including phenoxy) is 2. The van der Waals surface area contributed by atoms with E-state index >= 15 is 0 Å². The van der Waals surface area contributed by atoms with Crippen LogP contribution < -0.4 is 10.1 Å². The van der Waals surface area contributed by atoms with Crippen LogP contribution in [0.2, 0.25) is 0 Å². The third kappa shape index (κ3) is 7.50. The van der Waals surface area contributed by atoms with Crippen molar-refractivity contribution in [2.45, 2.75) is 25.6 Å². The lowest BCUT2D eigenvalue weighted by Gasteiger charge is -2.27. The van der Waals surface area contributed by atoms with Crippen LogP contribution in [-0.4, -0.2) is 44.3 Å². The Hall–Kier alpha value is -0.850. The van der Waals surface area contributed by atoms with Gasteiger partial charge in [-0.2, -0.15) is 24.4 Å². The fraction of sp³-hybridized carbons (Fsp3) is 0.588. The van der Waals surface area contributed by atoms with E-state index in [0.29, 0.717) is 5.75 Å². The van der Waals surface area contributed by atoms with Gasteiger partial charge in [0.05, 0.1) is 14.2 Å². The number of benzene rings is 1. The second-order valence-corrected chi connectivity index (χ2v) is 7.50. The minimum atomic E-state index is -0.353. The molecule has 0 aliphatic rings. The summed E-state index contributed by atoms with van der Waals surface area (Å²) in [5, 5.41) is 3.24. The Morgan fingerprint density at radius 1 is 1.30 bits per heavy atom. The van der Waals surface area contributed by atoms with Gasteiger partial charge in [0.1, 0.15) is 11.8 Å². The van der Waals surface area contributed by atoms with E-state index in [1.165, 1.54) is 12.7 Å². The number of carbonyl (C=O) groups is 1. The maximum atomic E-state index is 11.6. The zero-order valence-electron chi connectivity index (χ0n) is 14.3. The molecule has 0 spiro atoms. The minimum Gasteiger partial charge on any atom is -0.497 e. The molecule has 6 heteroatoms. The molecule has 0 bridgehead atoms. The molecular weight excluding hydrogens is 330 g/mol. The summed E-state index contributed by atoms with van der Waals surface area (Å²) in [5.41, 5.74) is 1.36. The van der Waals surface area contributed by atoms with Gasteiger partial charge in [0, 0.05) is 18.1 Å². The molecular formula is C17H27NO3S2. The van der Waals surface area contributed by atoms with Crippen LogP contribution in [0, 0.1) is 5.41 Å². The average Bonchev–Trinajstić information content (AvgIpc) is 2.55. The number of thiol groups is 1. The van der Waals surface area contributed by atoms with Crippen LogP contribution in [0.5, 0.6) is 5.75 Å². The summed E-state index contributed by atoms with van der Waals surface area (Å²) in [4.78, 5) is 11.6. The molecule has 0 saturated carbocycles. The number of carbonyl (C=O) groups excluding carboxylic acids is 1. The molecule has 0 amide bonds. The van der Waals surface area contributed by atoms with Crippen LogP contribution >= 0.6 is 24.4 Å². The van der Waals surface area contributed by atoms with Gasteiger partial charge in [0.15, 0.2) is 0 Å². The lowest BCUT2D eigenvalue weighted by Crippen LogP contribution is -2.44. The van der Waals surface area contributed by atoms with Crippen molar-refractivity contribution in [1.29, 1.82) is 0 Å². The molecule has 0 radical (unpaired) electrons. The van der Waals surface area contributed by atoms with Crippen molar-refractivity contribution in [3.63, 3.8) is 0 Å². The second-order valence-electron chi connectivity index (χ2n) is 6.14. The van der Waals surface area contributed by atoms with E-state index in [9.17, 15) is 4.79 Å². The summed E-state index contributed by atoms with van der Waals surface area (Å²) in [6, 6.07) is 7.79. The number of esters is 1. The Kier molecular flexibility index (Phi) is 8.87. The number of rotatable bonds is 10. The first-order chi connectivity index (χ1) is 10.9. The normalized spacial score (nSPS) is 12.7. The van der Waals surface area contributed by atoms with Crippen molar-refractivity contribution in [1.82, 2.24) is 5.32 Å². The predicted molar refractivity (Wildman–Crippen MR) is 101 cm³/mol. The zero-order valence-corrected chi connectivity index (χ0v) is 16.0. The van der Waals surface area contributed by atoms with Crippen LogP contribution in [0.1, 0.15) is 19.4 Å². The molecule has 23 heavy (non-hydrogen) atoms.